The number of hydrogen-bond acceptors (Lipinski definition) is 3. The largest absolute Gasteiger partial charge is 0.393 e. The van der Waals surface area contributed by atoms with Gasteiger partial charge in [0.25, 0.3) is 0 Å². The smallest absolute Gasteiger partial charge is 0.0543 e. The number of nitrogens with zero attached hydrogens (tertiary/aromatic N) is 2. The van der Waals surface area contributed by atoms with E-state index >= 15 is 0 Å². The number of fused-ring (bicyclic) bond motifs is 5. The number of aliphatic hydroxyl groups excluding tert-OH is 1. The van der Waals surface area contributed by atoms with Gasteiger partial charge in [-0.2, -0.15) is 0 Å². The van der Waals surface area contributed by atoms with Gasteiger partial charge >= 0.3 is 0 Å². The van der Waals surface area contributed by atoms with E-state index in [0.29, 0.717) is 10.8 Å². The predicted molar refractivity (Wildman–Crippen MR) is 134 cm³/mol. The van der Waals surface area contributed by atoms with Gasteiger partial charge in [0, 0.05) is 26.2 Å². The van der Waals surface area contributed by atoms with E-state index < -0.39 is 0 Å². The van der Waals surface area contributed by atoms with E-state index in [1.807, 2.05) is 0 Å². The Labute approximate surface area is 198 Å². The molecule has 0 aromatic rings. The van der Waals surface area contributed by atoms with Crippen molar-refractivity contribution in [1.29, 1.82) is 0 Å². The maximum atomic E-state index is 10.3. The van der Waals surface area contributed by atoms with Crippen LogP contribution in [-0.2, 0) is 0 Å². The number of hydrogen-bond donors (Lipinski definition) is 1. The Kier molecular flexibility index (Phi) is 6.76. The average Bonchev–Trinajstić information content (AvgIpc) is 3.13. The van der Waals surface area contributed by atoms with Crippen LogP contribution in [0.5, 0.6) is 0 Å². The van der Waals surface area contributed by atoms with Gasteiger partial charge in [-0.25, -0.2) is 0 Å². The third-order valence-corrected chi connectivity index (χ3v) is 12.1. The molecule has 32 heavy (non-hydrogen) atoms. The lowest BCUT2D eigenvalue weighted by atomic mass is 9.44. The summed E-state index contributed by atoms with van der Waals surface area (Å²) in [7, 11) is 2.26. The maximum absolute atomic E-state index is 10.3. The van der Waals surface area contributed by atoms with Crippen LogP contribution in [0.2, 0.25) is 0 Å². The molecule has 5 fully saturated rings. The maximum Gasteiger partial charge on any atom is 0.0543 e. The molecule has 3 nitrogen and oxygen atoms in total. The van der Waals surface area contributed by atoms with E-state index in [4.69, 9.17) is 0 Å². The van der Waals surface area contributed by atoms with Crippen LogP contribution in [0.1, 0.15) is 91.4 Å². The first-order valence-electron chi connectivity index (χ1n) is 14.4. The van der Waals surface area contributed by atoms with Crippen molar-refractivity contribution in [3.05, 3.63) is 0 Å². The van der Waals surface area contributed by atoms with E-state index in [1.54, 1.807) is 0 Å². The Morgan fingerprint density at radius 1 is 0.875 bits per heavy atom. The second-order valence-electron chi connectivity index (χ2n) is 13.6. The van der Waals surface area contributed by atoms with Crippen molar-refractivity contribution in [3.8, 4) is 0 Å². The minimum atomic E-state index is -0.0129. The highest BCUT2D eigenvalue weighted by Gasteiger charge is 2.60. The normalized spacial score (nSPS) is 48.7. The van der Waals surface area contributed by atoms with Gasteiger partial charge < -0.3 is 14.9 Å². The van der Waals surface area contributed by atoms with Gasteiger partial charge in [-0.15, -0.1) is 0 Å². The van der Waals surface area contributed by atoms with Crippen LogP contribution in [-0.4, -0.2) is 60.8 Å². The molecule has 1 heterocycles. The van der Waals surface area contributed by atoms with E-state index in [9.17, 15) is 5.11 Å². The highest BCUT2D eigenvalue weighted by molar-refractivity contribution is 5.09. The van der Waals surface area contributed by atoms with E-state index in [2.05, 4.69) is 37.6 Å². The molecular formula is C29H52N2O. The van der Waals surface area contributed by atoms with Gasteiger partial charge in [-0.05, 0) is 131 Å². The number of aliphatic hydroxyl groups is 1. The van der Waals surface area contributed by atoms with Crippen LogP contribution in [0.3, 0.4) is 0 Å². The first kappa shape index (κ1) is 23.6. The molecular weight excluding hydrogens is 392 g/mol. The first-order valence-corrected chi connectivity index (χ1v) is 14.4. The standard InChI is InChI=1S/C29H52N2O/c1-21(6-5-15-31-18-16-30(4)17-19-31)25-9-10-26-24-8-7-22-20-23(32)11-13-28(22,2)27(24)12-14-29(25,26)3/h21-27,32H,5-20H2,1-4H3. The van der Waals surface area contributed by atoms with Crippen molar-refractivity contribution in [2.45, 2.75) is 97.5 Å². The van der Waals surface area contributed by atoms with Crippen LogP contribution in [0.25, 0.3) is 0 Å². The Hall–Kier alpha value is -0.120. The Morgan fingerprint density at radius 3 is 2.38 bits per heavy atom. The molecule has 9 atom stereocenters. The summed E-state index contributed by atoms with van der Waals surface area (Å²) in [6, 6.07) is 0. The van der Waals surface area contributed by atoms with Gasteiger partial charge in [0.15, 0.2) is 0 Å². The molecule has 0 aromatic heterocycles. The summed E-state index contributed by atoms with van der Waals surface area (Å²) >= 11 is 0. The topological polar surface area (TPSA) is 26.7 Å². The van der Waals surface area contributed by atoms with Crippen LogP contribution in [0.15, 0.2) is 0 Å². The summed E-state index contributed by atoms with van der Waals surface area (Å²) < 4.78 is 0. The minimum Gasteiger partial charge on any atom is -0.393 e. The van der Waals surface area contributed by atoms with Crippen LogP contribution >= 0.6 is 0 Å². The van der Waals surface area contributed by atoms with Crippen LogP contribution in [0.4, 0.5) is 0 Å². The van der Waals surface area contributed by atoms with Crippen molar-refractivity contribution >= 4 is 0 Å². The monoisotopic (exact) mass is 444 g/mol. The number of piperazine rings is 1. The van der Waals surface area contributed by atoms with E-state index in [-0.39, 0.29) is 6.10 Å². The lowest BCUT2D eigenvalue weighted by Gasteiger charge is -2.61. The molecule has 4 saturated carbocycles. The molecule has 4 aliphatic carbocycles. The van der Waals surface area contributed by atoms with Crippen molar-refractivity contribution in [3.63, 3.8) is 0 Å². The lowest BCUT2D eigenvalue weighted by Crippen LogP contribution is -2.54. The molecule has 0 aromatic carbocycles. The Balaban J connectivity index is 1.19. The fourth-order valence-corrected chi connectivity index (χ4v) is 10.1. The molecule has 3 heteroatoms. The molecule has 0 spiro atoms. The van der Waals surface area contributed by atoms with Crippen LogP contribution < -0.4 is 0 Å². The number of likely N-dealkylation sites (N-methyl/N-ethyl adjacent to an activating group) is 1. The molecule has 5 rings (SSSR count). The first-order chi connectivity index (χ1) is 15.3. The molecule has 9 unspecified atom stereocenters. The van der Waals surface area contributed by atoms with Gasteiger partial charge in [0.2, 0.25) is 0 Å². The molecule has 5 aliphatic rings. The third kappa shape index (κ3) is 4.11. The second-order valence-corrected chi connectivity index (χ2v) is 13.6. The van der Waals surface area contributed by atoms with Crippen molar-refractivity contribution < 1.29 is 5.11 Å². The van der Waals surface area contributed by atoms with Gasteiger partial charge in [0.1, 0.15) is 0 Å². The van der Waals surface area contributed by atoms with Gasteiger partial charge in [-0.1, -0.05) is 20.8 Å². The quantitative estimate of drug-likeness (QED) is 0.592. The summed E-state index contributed by atoms with van der Waals surface area (Å²) in [5.74, 6) is 5.55. The van der Waals surface area contributed by atoms with E-state index in [1.165, 1.54) is 90.5 Å². The fraction of sp³-hybridized carbons (Fsp3) is 1.00. The summed E-state index contributed by atoms with van der Waals surface area (Å²) in [5, 5.41) is 10.3. The van der Waals surface area contributed by atoms with E-state index in [0.717, 1.165) is 48.3 Å². The van der Waals surface area contributed by atoms with Crippen molar-refractivity contribution in [2.24, 2.45) is 46.3 Å². The lowest BCUT2D eigenvalue weighted by molar-refractivity contribution is -0.129. The average molecular weight is 445 g/mol. The minimum absolute atomic E-state index is 0.0129. The molecule has 0 amide bonds. The molecule has 1 saturated heterocycles. The van der Waals surface area contributed by atoms with Gasteiger partial charge in [-0.3, -0.25) is 0 Å². The summed E-state index contributed by atoms with van der Waals surface area (Å²) in [6.45, 7) is 14.3. The highest BCUT2D eigenvalue weighted by Crippen LogP contribution is 2.68. The zero-order valence-electron chi connectivity index (χ0n) is 21.7. The van der Waals surface area contributed by atoms with Crippen LogP contribution in [0, 0.1) is 46.3 Å². The molecule has 1 N–H and O–H groups in total. The second kappa shape index (κ2) is 9.15. The highest BCUT2D eigenvalue weighted by atomic mass is 16.3. The van der Waals surface area contributed by atoms with Gasteiger partial charge in [0.05, 0.1) is 6.10 Å². The summed E-state index contributed by atoms with van der Waals surface area (Å²) in [5.41, 5.74) is 1.13. The molecule has 1 aliphatic heterocycles. The zero-order valence-corrected chi connectivity index (χ0v) is 21.7. The van der Waals surface area contributed by atoms with Crippen molar-refractivity contribution in [2.75, 3.05) is 39.8 Å². The molecule has 0 bridgehead atoms. The zero-order chi connectivity index (χ0) is 22.5. The Bertz CT molecular complexity index is 645. The third-order valence-electron chi connectivity index (χ3n) is 12.1. The SMILES string of the molecule is CC(CCCN1CCN(C)CC1)C1CCC2C3CCC4CC(O)CCC4(C)C3CCC12C. The van der Waals surface area contributed by atoms with Crippen molar-refractivity contribution in [1.82, 2.24) is 9.80 Å². The predicted octanol–water partition coefficient (Wildman–Crippen LogP) is 5.67. The summed E-state index contributed by atoms with van der Waals surface area (Å²) in [6.07, 6.45) is 15.1. The Morgan fingerprint density at radius 2 is 1.59 bits per heavy atom. The number of rotatable bonds is 5. The molecule has 184 valence electrons. The molecule has 0 radical (unpaired) electrons. The fourth-order valence-electron chi connectivity index (χ4n) is 10.1. The summed E-state index contributed by atoms with van der Waals surface area (Å²) in [4.78, 5) is 5.18.